The Kier molecular flexibility index (Phi) is 4.11. The van der Waals surface area contributed by atoms with Crippen molar-refractivity contribution in [1.82, 2.24) is 15.6 Å². The quantitative estimate of drug-likeness (QED) is 0.703. The lowest BCUT2D eigenvalue weighted by Crippen LogP contribution is -2.34. The van der Waals surface area contributed by atoms with Crippen LogP contribution in [-0.2, 0) is 6.42 Å². The summed E-state index contributed by atoms with van der Waals surface area (Å²) in [4.78, 5) is 4.29. The average molecular weight is 205 g/mol. The monoisotopic (exact) mass is 205 g/mol. The molecule has 0 saturated carbocycles. The van der Waals surface area contributed by atoms with E-state index in [0.29, 0.717) is 6.04 Å². The zero-order valence-electron chi connectivity index (χ0n) is 9.08. The molecular formula is C12H19N3. The molecular weight excluding hydrogens is 186 g/mol. The Balaban J connectivity index is 1.59. The molecule has 0 radical (unpaired) electrons. The molecule has 1 aromatic rings. The summed E-state index contributed by atoms with van der Waals surface area (Å²) in [6.45, 7) is 3.30. The van der Waals surface area contributed by atoms with E-state index in [4.69, 9.17) is 0 Å². The number of aromatic nitrogens is 1. The fraction of sp³-hybridized carbons (Fsp3) is 0.583. The van der Waals surface area contributed by atoms with Gasteiger partial charge in [0.05, 0.1) is 0 Å². The van der Waals surface area contributed by atoms with E-state index in [2.05, 4.69) is 21.7 Å². The second kappa shape index (κ2) is 5.83. The van der Waals surface area contributed by atoms with Gasteiger partial charge in [0, 0.05) is 37.4 Å². The Hall–Kier alpha value is -0.930. The van der Waals surface area contributed by atoms with Gasteiger partial charge in [0.1, 0.15) is 0 Å². The van der Waals surface area contributed by atoms with Crippen molar-refractivity contribution < 1.29 is 0 Å². The Morgan fingerprint density at radius 2 is 2.47 bits per heavy atom. The van der Waals surface area contributed by atoms with E-state index in [1.807, 2.05) is 18.3 Å². The lowest BCUT2D eigenvalue weighted by atomic mass is 10.2. The van der Waals surface area contributed by atoms with Gasteiger partial charge in [-0.05, 0) is 31.5 Å². The third-order valence-electron chi connectivity index (χ3n) is 2.84. The van der Waals surface area contributed by atoms with Crippen LogP contribution < -0.4 is 10.6 Å². The van der Waals surface area contributed by atoms with Gasteiger partial charge in [-0.25, -0.2) is 0 Å². The fourth-order valence-corrected chi connectivity index (χ4v) is 1.97. The van der Waals surface area contributed by atoms with E-state index in [-0.39, 0.29) is 0 Å². The largest absolute Gasteiger partial charge is 0.315 e. The predicted octanol–water partition coefficient (Wildman–Crippen LogP) is 0.966. The van der Waals surface area contributed by atoms with Crippen molar-refractivity contribution in [2.45, 2.75) is 25.3 Å². The van der Waals surface area contributed by atoms with Crippen LogP contribution in [0.4, 0.5) is 0 Å². The minimum atomic E-state index is 0.689. The van der Waals surface area contributed by atoms with E-state index >= 15 is 0 Å². The van der Waals surface area contributed by atoms with E-state index in [1.54, 1.807) is 0 Å². The van der Waals surface area contributed by atoms with Crippen molar-refractivity contribution in [3.8, 4) is 0 Å². The van der Waals surface area contributed by atoms with Crippen LogP contribution in [-0.4, -0.2) is 30.7 Å². The summed E-state index contributed by atoms with van der Waals surface area (Å²) >= 11 is 0. The highest BCUT2D eigenvalue weighted by atomic mass is 15.0. The fourth-order valence-electron chi connectivity index (χ4n) is 1.97. The Bertz CT molecular complexity index is 267. The molecule has 15 heavy (non-hydrogen) atoms. The third kappa shape index (κ3) is 3.61. The maximum atomic E-state index is 4.29. The van der Waals surface area contributed by atoms with Crippen LogP contribution in [0.1, 0.15) is 18.5 Å². The van der Waals surface area contributed by atoms with Gasteiger partial charge in [-0.2, -0.15) is 0 Å². The molecule has 0 amide bonds. The highest BCUT2D eigenvalue weighted by Crippen LogP contribution is 2.03. The summed E-state index contributed by atoms with van der Waals surface area (Å²) in [5.74, 6) is 0. The molecule has 1 atom stereocenters. The highest BCUT2D eigenvalue weighted by Gasteiger charge is 2.12. The van der Waals surface area contributed by atoms with Gasteiger partial charge < -0.3 is 10.6 Å². The number of hydrogen-bond acceptors (Lipinski definition) is 3. The van der Waals surface area contributed by atoms with Crippen LogP contribution in [0.3, 0.4) is 0 Å². The van der Waals surface area contributed by atoms with Crippen molar-refractivity contribution in [3.05, 3.63) is 30.1 Å². The molecule has 0 spiro atoms. The number of nitrogens with zero attached hydrogens (tertiary/aromatic N) is 1. The molecule has 1 saturated heterocycles. The first-order valence-electron chi connectivity index (χ1n) is 5.79. The Morgan fingerprint density at radius 3 is 3.20 bits per heavy atom. The third-order valence-corrected chi connectivity index (χ3v) is 2.84. The first-order chi connectivity index (χ1) is 7.45. The molecule has 3 heteroatoms. The van der Waals surface area contributed by atoms with Crippen molar-refractivity contribution in [1.29, 1.82) is 0 Å². The van der Waals surface area contributed by atoms with Gasteiger partial charge in [-0.1, -0.05) is 6.07 Å². The number of hydrogen-bond donors (Lipinski definition) is 2. The molecule has 0 aromatic carbocycles. The van der Waals surface area contributed by atoms with Gasteiger partial charge in [0.25, 0.3) is 0 Å². The van der Waals surface area contributed by atoms with Gasteiger partial charge in [0.2, 0.25) is 0 Å². The Labute approximate surface area is 91.3 Å². The van der Waals surface area contributed by atoms with Gasteiger partial charge >= 0.3 is 0 Å². The SMILES string of the molecule is c1ccc(CCNCC2CCCN2)nc1. The lowest BCUT2D eigenvalue weighted by Gasteiger charge is -2.10. The summed E-state index contributed by atoms with van der Waals surface area (Å²) in [5, 5.41) is 6.95. The maximum Gasteiger partial charge on any atom is 0.0416 e. The van der Waals surface area contributed by atoms with Crippen molar-refractivity contribution >= 4 is 0 Å². The number of nitrogens with one attached hydrogen (secondary N) is 2. The molecule has 82 valence electrons. The molecule has 1 aromatic heterocycles. The van der Waals surface area contributed by atoms with Crippen LogP contribution >= 0.6 is 0 Å². The molecule has 3 nitrogen and oxygen atoms in total. The summed E-state index contributed by atoms with van der Waals surface area (Å²) in [5.41, 5.74) is 1.17. The molecule has 0 bridgehead atoms. The van der Waals surface area contributed by atoms with E-state index < -0.39 is 0 Å². The molecule has 1 fully saturated rings. The van der Waals surface area contributed by atoms with Crippen LogP contribution in [0, 0.1) is 0 Å². The molecule has 1 unspecified atom stereocenters. The minimum Gasteiger partial charge on any atom is -0.315 e. The van der Waals surface area contributed by atoms with E-state index in [1.165, 1.54) is 25.1 Å². The summed E-state index contributed by atoms with van der Waals surface area (Å²) < 4.78 is 0. The number of pyridine rings is 1. The summed E-state index contributed by atoms with van der Waals surface area (Å²) in [6, 6.07) is 6.77. The maximum absolute atomic E-state index is 4.29. The van der Waals surface area contributed by atoms with E-state index in [0.717, 1.165) is 19.5 Å². The summed E-state index contributed by atoms with van der Waals surface area (Å²) in [7, 11) is 0. The second-order valence-electron chi connectivity index (χ2n) is 4.07. The Morgan fingerprint density at radius 1 is 1.47 bits per heavy atom. The molecule has 2 heterocycles. The first-order valence-corrected chi connectivity index (χ1v) is 5.79. The normalized spacial score (nSPS) is 20.7. The average Bonchev–Trinajstić information content (AvgIpc) is 2.79. The molecule has 1 aliphatic heterocycles. The first kappa shape index (κ1) is 10.6. The van der Waals surface area contributed by atoms with Gasteiger partial charge in [-0.3, -0.25) is 4.98 Å². The molecule has 2 rings (SSSR count). The zero-order valence-corrected chi connectivity index (χ0v) is 9.08. The molecule has 0 aliphatic carbocycles. The molecule has 2 N–H and O–H groups in total. The lowest BCUT2D eigenvalue weighted by molar-refractivity contribution is 0.536. The smallest absolute Gasteiger partial charge is 0.0416 e. The van der Waals surface area contributed by atoms with Crippen LogP contribution in [0.2, 0.25) is 0 Å². The van der Waals surface area contributed by atoms with Crippen LogP contribution in [0.15, 0.2) is 24.4 Å². The predicted molar refractivity (Wildman–Crippen MR) is 61.8 cm³/mol. The van der Waals surface area contributed by atoms with Crippen LogP contribution in [0.5, 0.6) is 0 Å². The van der Waals surface area contributed by atoms with Crippen molar-refractivity contribution in [2.24, 2.45) is 0 Å². The van der Waals surface area contributed by atoms with Crippen molar-refractivity contribution in [3.63, 3.8) is 0 Å². The van der Waals surface area contributed by atoms with Crippen molar-refractivity contribution in [2.75, 3.05) is 19.6 Å². The highest BCUT2D eigenvalue weighted by molar-refractivity contribution is 5.03. The second-order valence-corrected chi connectivity index (χ2v) is 4.07. The summed E-state index contributed by atoms with van der Waals surface area (Å²) in [6.07, 6.45) is 5.52. The van der Waals surface area contributed by atoms with Gasteiger partial charge in [0.15, 0.2) is 0 Å². The van der Waals surface area contributed by atoms with Crippen LogP contribution in [0.25, 0.3) is 0 Å². The zero-order chi connectivity index (χ0) is 10.3. The number of rotatable bonds is 5. The topological polar surface area (TPSA) is 37.0 Å². The standard InChI is InChI=1S/C12H19N3/c1-2-7-14-11(4-1)6-9-13-10-12-5-3-8-15-12/h1-2,4,7,12-13,15H,3,5-6,8-10H2. The van der Waals surface area contributed by atoms with E-state index in [9.17, 15) is 0 Å². The minimum absolute atomic E-state index is 0.689. The molecule has 1 aliphatic rings. The van der Waals surface area contributed by atoms with Gasteiger partial charge in [-0.15, -0.1) is 0 Å².